The highest BCUT2D eigenvalue weighted by Gasteiger charge is 2.15. The van der Waals surface area contributed by atoms with Crippen LogP contribution in [0.1, 0.15) is 20.3 Å². The second kappa shape index (κ2) is 5.27. The monoisotopic (exact) mass is 183 g/mol. The van der Waals surface area contributed by atoms with Gasteiger partial charge in [-0.1, -0.05) is 13.5 Å². The molecule has 0 radical (unpaired) electrons. The van der Waals surface area contributed by atoms with Crippen molar-refractivity contribution in [1.82, 2.24) is 0 Å². The van der Waals surface area contributed by atoms with E-state index in [-0.39, 0.29) is 17.5 Å². The van der Waals surface area contributed by atoms with Crippen LogP contribution in [-0.4, -0.2) is 23.2 Å². The Hall–Kier alpha value is -1.41. The topological polar surface area (TPSA) is 66.7 Å². The molecule has 72 valence electrons. The van der Waals surface area contributed by atoms with Crippen molar-refractivity contribution in [3.8, 4) is 0 Å². The summed E-state index contributed by atoms with van der Waals surface area (Å²) in [6, 6.07) is -0.214. The average molecular weight is 183 g/mol. The van der Waals surface area contributed by atoms with Gasteiger partial charge in [0.15, 0.2) is 0 Å². The van der Waals surface area contributed by atoms with Crippen molar-refractivity contribution in [1.29, 1.82) is 0 Å². The van der Waals surface area contributed by atoms with Gasteiger partial charge in [0.2, 0.25) is 6.08 Å². The Morgan fingerprint density at radius 2 is 2.15 bits per heavy atom. The van der Waals surface area contributed by atoms with Gasteiger partial charge < -0.3 is 5.11 Å². The maximum Gasteiger partial charge on any atom is 0.330 e. The molecule has 0 saturated heterocycles. The van der Waals surface area contributed by atoms with Crippen molar-refractivity contribution in [2.24, 2.45) is 10.9 Å². The van der Waals surface area contributed by atoms with E-state index in [1.807, 2.05) is 6.92 Å². The third kappa shape index (κ3) is 4.23. The molecule has 0 amide bonds. The third-order valence-corrected chi connectivity index (χ3v) is 1.95. The molecular formula is C9H13NO3. The van der Waals surface area contributed by atoms with E-state index in [1.54, 1.807) is 6.92 Å². The molecule has 2 atom stereocenters. The molecule has 0 bridgehead atoms. The maximum absolute atomic E-state index is 10.4. The maximum atomic E-state index is 10.4. The smallest absolute Gasteiger partial charge is 0.330 e. The van der Waals surface area contributed by atoms with Crippen LogP contribution < -0.4 is 0 Å². The standard InChI is InChI=1S/C9H13NO3/c1-6(8(3)10-5-11)4-7(2)9(12)13/h6,8H,2,4H2,1,3H3,(H,12,13). The summed E-state index contributed by atoms with van der Waals surface area (Å²) in [6.45, 7) is 6.96. The molecule has 0 aromatic heterocycles. The van der Waals surface area contributed by atoms with Crippen LogP contribution >= 0.6 is 0 Å². The third-order valence-electron chi connectivity index (χ3n) is 1.95. The molecule has 0 aromatic carbocycles. The Morgan fingerprint density at radius 3 is 2.54 bits per heavy atom. The van der Waals surface area contributed by atoms with Crippen molar-refractivity contribution in [3.63, 3.8) is 0 Å². The van der Waals surface area contributed by atoms with E-state index >= 15 is 0 Å². The fraction of sp³-hybridized carbons (Fsp3) is 0.556. The number of rotatable bonds is 5. The zero-order valence-electron chi connectivity index (χ0n) is 7.78. The van der Waals surface area contributed by atoms with E-state index in [0.29, 0.717) is 6.42 Å². The summed E-state index contributed by atoms with van der Waals surface area (Å²) < 4.78 is 0. The zero-order chi connectivity index (χ0) is 10.4. The van der Waals surface area contributed by atoms with Gasteiger partial charge in [-0.3, -0.25) is 0 Å². The number of aliphatic imine (C=N–C) groups is 1. The molecule has 0 aliphatic carbocycles. The van der Waals surface area contributed by atoms with Crippen molar-refractivity contribution in [2.75, 3.05) is 0 Å². The number of hydrogen-bond donors (Lipinski definition) is 1. The fourth-order valence-corrected chi connectivity index (χ4v) is 0.857. The molecule has 2 unspecified atom stereocenters. The SMILES string of the molecule is C=C(CC(C)C(C)N=C=O)C(=O)O. The first kappa shape index (κ1) is 11.6. The lowest BCUT2D eigenvalue weighted by Crippen LogP contribution is -2.14. The van der Waals surface area contributed by atoms with Gasteiger partial charge in [-0.05, 0) is 19.3 Å². The van der Waals surface area contributed by atoms with Gasteiger partial charge in [0.1, 0.15) is 0 Å². The lowest BCUT2D eigenvalue weighted by Gasteiger charge is -2.13. The van der Waals surface area contributed by atoms with E-state index in [0.717, 1.165) is 0 Å². The van der Waals surface area contributed by atoms with Gasteiger partial charge in [0.05, 0.1) is 6.04 Å². The van der Waals surface area contributed by atoms with Crippen molar-refractivity contribution in [2.45, 2.75) is 26.3 Å². The van der Waals surface area contributed by atoms with Crippen LogP contribution in [0, 0.1) is 5.92 Å². The van der Waals surface area contributed by atoms with Gasteiger partial charge in [-0.15, -0.1) is 0 Å². The summed E-state index contributed by atoms with van der Waals surface area (Å²) in [5.41, 5.74) is 0.139. The summed E-state index contributed by atoms with van der Waals surface area (Å²) in [4.78, 5) is 23.8. The Labute approximate surface area is 77.0 Å². The quantitative estimate of drug-likeness (QED) is 0.397. The number of isocyanates is 1. The summed E-state index contributed by atoms with van der Waals surface area (Å²) in [7, 11) is 0. The highest BCUT2D eigenvalue weighted by atomic mass is 16.4. The molecule has 0 spiro atoms. The minimum absolute atomic E-state index is 0.00921. The summed E-state index contributed by atoms with van der Waals surface area (Å²) >= 11 is 0. The number of carboxylic acid groups (broad SMARTS) is 1. The number of carbonyl (C=O) groups excluding carboxylic acids is 1. The second-order valence-corrected chi connectivity index (χ2v) is 3.05. The molecule has 0 aromatic rings. The predicted octanol–water partition coefficient (Wildman–Crippen LogP) is 1.38. The average Bonchev–Trinajstić information content (AvgIpc) is 2.04. The molecule has 13 heavy (non-hydrogen) atoms. The van der Waals surface area contributed by atoms with Gasteiger partial charge in [-0.25, -0.2) is 14.6 Å². The Kier molecular flexibility index (Phi) is 4.70. The van der Waals surface area contributed by atoms with E-state index in [4.69, 9.17) is 5.11 Å². The van der Waals surface area contributed by atoms with Crippen molar-refractivity contribution < 1.29 is 14.7 Å². The summed E-state index contributed by atoms with van der Waals surface area (Å²) in [6.07, 6.45) is 1.78. The molecule has 1 N–H and O–H groups in total. The first-order chi connectivity index (χ1) is 5.99. The van der Waals surface area contributed by atoms with Crippen LogP contribution in [0.25, 0.3) is 0 Å². The first-order valence-electron chi connectivity index (χ1n) is 3.97. The molecule has 0 saturated carbocycles. The van der Waals surface area contributed by atoms with Crippen molar-refractivity contribution >= 4 is 12.0 Å². The highest BCUT2D eigenvalue weighted by Crippen LogP contribution is 2.15. The van der Waals surface area contributed by atoms with Gasteiger partial charge in [-0.2, -0.15) is 0 Å². The summed E-state index contributed by atoms with van der Waals surface area (Å²) in [5.74, 6) is -1.01. The zero-order valence-corrected chi connectivity index (χ0v) is 7.78. The van der Waals surface area contributed by atoms with Crippen LogP contribution in [0.2, 0.25) is 0 Å². The molecular weight excluding hydrogens is 170 g/mol. The fourth-order valence-electron chi connectivity index (χ4n) is 0.857. The largest absolute Gasteiger partial charge is 0.478 e. The normalized spacial score (nSPS) is 14.0. The van der Waals surface area contributed by atoms with Gasteiger partial charge in [0, 0.05) is 5.57 Å². The van der Waals surface area contributed by atoms with E-state index < -0.39 is 5.97 Å². The molecule has 0 fully saturated rings. The molecule has 0 aliphatic rings. The number of carboxylic acids is 1. The number of hydrogen-bond acceptors (Lipinski definition) is 3. The van der Waals surface area contributed by atoms with Crippen LogP contribution in [0.15, 0.2) is 17.1 Å². The Bertz CT molecular complexity index is 254. The molecule has 4 heteroatoms. The predicted molar refractivity (Wildman–Crippen MR) is 48.1 cm³/mol. The van der Waals surface area contributed by atoms with E-state index in [1.165, 1.54) is 6.08 Å². The van der Waals surface area contributed by atoms with E-state index in [9.17, 15) is 9.59 Å². The van der Waals surface area contributed by atoms with E-state index in [2.05, 4.69) is 11.6 Å². The highest BCUT2D eigenvalue weighted by molar-refractivity contribution is 5.85. The van der Waals surface area contributed by atoms with Gasteiger partial charge >= 0.3 is 5.97 Å². The van der Waals surface area contributed by atoms with Crippen LogP contribution in [0.4, 0.5) is 0 Å². The Balaban J connectivity index is 4.14. The second-order valence-electron chi connectivity index (χ2n) is 3.05. The summed E-state index contributed by atoms with van der Waals surface area (Å²) in [5, 5.41) is 8.54. The van der Waals surface area contributed by atoms with Crippen LogP contribution in [0.5, 0.6) is 0 Å². The number of nitrogens with zero attached hydrogens (tertiary/aromatic N) is 1. The number of carbonyl (C=O) groups is 1. The molecule has 4 nitrogen and oxygen atoms in total. The first-order valence-corrected chi connectivity index (χ1v) is 3.97. The molecule has 0 rings (SSSR count). The van der Waals surface area contributed by atoms with Crippen LogP contribution in [-0.2, 0) is 9.59 Å². The molecule has 0 aliphatic heterocycles. The Morgan fingerprint density at radius 1 is 1.62 bits per heavy atom. The van der Waals surface area contributed by atoms with Crippen molar-refractivity contribution in [3.05, 3.63) is 12.2 Å². The molecule has 0 heterocycles. The lowest BCUT2D eigenvalue weighted by molar-refractivity contribution is -0.132. The lowest BCUT2D eigenvalue weighted by atomic mass is 9.96. The van der Waals surface area contributed by atoms with Gasteiger partial charge in [0.25, 0.3) is 0 Å². The minimum atomic E-state index is -1.01. The number of aliphatic carboxylic acids is 1. The van der Waals surface area contributed by atoms with Crippen LogP contribution in [0.3, 0.4) is 0 Å². The minimum Gasteiger partial charge on any atom is -0.478 e.